The Hall–Kier alpha value is -3.94. The molecule has 3 aromatic carbocycles. The number of hydrogen-bond acceptors (Lipinski definition) is 3. The Kier molecular flexibility index (Phi) is 7.19. The van der Waals surface area contributed by atoms with E-state index in [0.717, 1.165) is 17.2 Å². The number of rotatable bonds is 4. The fourth-order valence-corrected chi connectivity index (χ4v) is 4.09. The van der Waals surface area contributed by atoms with E-state index in [4.69, 9.17) is 10.5 Å². The lowest BCUT2D eigenvalue weighted by Crippen LogP contribution is -2.28. The van der Waals surface area contributed by atoms with E-state index in [-0.39, 0.29) is 23.9 Å². The van der Waals surface area contributed by atoms with Crippen LogP contribution in [0.4, 0.5) is 55.7 Å². The summed E-state index contributed by atoms with van der Waals surface area (Å²) in [6.45, 7) is 0. The van der Waals surface area contributed by atoms with Gasteiger partial charge in [-0.3, -0.25) is 0 Å². The Labute approximate surface area is 214 Å². The standard InChI is InChI=1S/C25H18F9N3O2/c26-23(27,28)13-5-6-19(39-20-7-12-3-1-2-4-17(12)21(20)35)18(11-13)37-22(38)36-16-9-14(24(29,30)31)8-15(10-16)25(32,33)34/h1-6,8-11,20-21H,7,35H2,(H2,36,37,38)/t20-,21-/m1/s1. The van der Waals surface area contributed by atoms with Crippen LogP contribution in [0.2, 0.25) is 0 Å². The van der Waals surface area contributed by atoms with Crippen molar-refractivity contribution >= 4 is 17.4 Å². The molecule has 3 aromatic rings. The van der Waals surface area contributed by atoms with Crippen LogP contribution in [0.15, 0.2) is 60.7 Å². The van der Waals surface area contributed by atoms with Crippen molar-refractivity contribution in [1.82, 2.24) is 0 Å². The van der Waals surface area contributed by atoms with Crippen LogP contribution < -0.4 is 21.1 Å². The summed E-state index contributed by atoms with van der Waals surface area (Å²) in [5, 5.41) is 3.83. The molecule has 0 saturated carbocycles. The Morgan fingerprint density at radius 1 is 0.769 bits per heavy atom. The Balaban J connectivity index is 1.62. The van der Waals surface area contributed by atoms with Crippen LogP contribution in [0.25, 0.3) is 0 Å². The van der Waals surface area contributed by atoms with Crippen LogP contribution in [-0.2, 0) is 24.9 Å². The van der Waals surface area contributed by atoms with Crippen molar-refractivity contribution in [3.8, 4) is 5.75 Å². The summed E-state index contributed by atoms with van der Waals surface area (Å²) >= 11 is 0. The summed E-state index contributed by atoms with van der Waals surface area (Å²) < 4.78 is 125. The molecule has 0 radical (unpaired) electrons. The van der Waals surface area contributed by atoms with Gasteiger partial charge in [0.2, 0.25) is 0 Å². The zero-order valence-electron chi connectivity index (χ0n) is 19.4. The number of carbonyl (C=O) groups is 1. The van der Waals surface area contributed by atoms with Gasteiger partial charge in [0.25, 0.3) is 0 Å². The molecule has 0 spiro atoms. The van der Waals surface area contributed by atoms with Gasteiger partial charge in [-0.1, -0.05) is 24.3 Å². The van der Waals surface area contributed by atoms with Crippen LogP contribution in [-0.4, -0.2) is 12.1 Å². The molecule has 0 fully saturated rings. The molecule has 4 rings (SSSR count). The number of alkyl halides is 9. The average Bonchev–Trinajstić information content (AvgIpc) is 3.13. The van der Waals surface area contributed by atoms with Gasteiger partial charge in [0, 0.05) is 12.1 Å². The average molecular weight is 563 g/mol. The number of fused-ring (bicyclic) bond motifs is 1. The van der Waals surface area contributed by atoms with Crippen LogP contribution in [0, 0.1) is 0 Å². The number of nitrogens with two attached hydrogens (primary N) is 1. The van der Waals surface area contributed by atoms with Gasteiger partial charge in [0.05, 0.1) is 28.4 Å². The van der Waals surface area contributed by atoms with Crippen molar-refractivity contribution in [2.45, 2.75) is 37.1 Å². The molecule has 2 atom stereocenters. The van der Waals surface area contributed by atoms with Gasteiger partial charge in [0.15, 0.2) is 0 Å². The first-order chi connectivity index (χ1) is 18.0. The normalized spacial score (nSPS) is 17.5. The minimum absolute atomic E-state index is 0.134. The van der Waals surface area contributed by atoms with Crippen LogP contribution in [0.3, 0.4) is 0 Å². The van der Waals surface area contributed by atoms with Gasteiger partial charge in [0.1, 0.15) is 11.9 Å². The third-order valence-corrected chi connectivity index (χ3v) is 5.91. The zero-order valence-corrected chi connectivity index (χ0v) is 19.4. The van der Waals surface area contributed by atoms with Gasteiger partial charge in [-0.25, -0.2) is 4.79 Å². The van der Waals surface area contributed by atoms with Gasteiger partial charge in [-0.05, 0) is 47.5 Å². The molecule has 0 saturated heterocycles. The minimum Gasteiger partial charge on any atom is -0.486 e. The molecular formula is C25H18F9N3O2. The number of carbonyl (C=O) groups excluding carboxylic acids is 1. The maximum Gasteiger partial charge on any atom is 0.416 e. The lowest BCUT2D eigenvalue weighted by atomic mass is 10.1. The van der Waals surface area contributed by atoms with Crippen molar-refractivity contribution in [2.24, 2.45) is 5.73 Å². The second kappa shape index (κ2) is 9.98. The number of halogens is 9. The molecule has 0 aromatic heterocycles. The fourth-order valence-electron chi connectivity index (χ4n) is 4.09. The summed E-state index contributed by atoms with van der Waals surface area (Å²) in [4.78, 5) is 12.6. The number of benzene rings is 3. The summed E-state index contributed by atoms with van der Waals surface area (Å²) in [5.74, 6) is -0.244. The molecule has 0 unspecified atom stereocenters. The summed E-state index contributed by atoms with van der Waals surface area (Å²) in [5.41, 5.74) is 1.81. The molecule has 208 valence electrons. The summed E-state index contributed by atoms with van der Waals surface area (Å²) in [6.07, 6.45) is -15.6. The van der Waals surface area contributed by atoms with E-state index < -0.39 is 64.8 Å². The number of nitrogens with one attached hydrogen (secondary N) is 2. The van der Waals surface area contributed by atoms with Crippen molar-refractivity contribution in [1.29, 1.82) is 0 Å². The van der Waals surface area contributed by atoms with Crippen molar-refractivity contribution in [3.63, 3.8) is 0 Å². The van der Waals surface area contributed by atoms with E-state index in [9.17, 15) is 44.3 Å². The molecule has 1 aliphatic carbocycles. The zero-order chi connectivity index (χ0) is 28.8. The highest BCUT2D eigenvalue weighted by molar-refractivity contribution is 6.00. The first-order valence-electron chi connectivity index (χ1n) is 11.1. The van der Waals surface area contributed by atoms with Crippen molar-refractivity contribution in [2.75, 3.05) is 10.6 Å². The smallest absolute Gasteiger partial charge is 0.416 e. The summed E-state index contributed by atoms with van der Waals surface area (Å²) in [6, 6.07) is 7.52. The predicted molar refractivity (Wildman–Crippen MR) is 122 cm³/mol. The molecule has 14 heteroatoms. The highest BCUT2D eigenvalue weighted by Crippen LogP contribution is 2.40. The highest BCUT2D eigenvalue weighted by atomic mass is 19.4. The van der Waals surface area contributed by atoms with Gasteiger partial charge in [-0.2, -0.15) is 39.5 Å². The second-order valence-corrected chi connectivity index (χ2v) is 8.67. The topological polar surface area (TPSA) is 76.4 Å². The van der Waals surface area contributed by atoms with E-state index in [1.54, 1.807) is 29.6 Å². The molecule has 5 nitrogen and oxygen atoms in total. The molecule has 39 heavy (non-hydrogen) atoms. The van der Waals surface area contributed by atoms with Crippen LogP contribution in [0.5, 0.6) is 5.75 Å². The lowest BCUT2D eigenvalue weighted by Gasteiger charge is -2.22. The Morgan fingerprint density at radius 3 is 1.92 bits per heavy atom. The molecule has 1 aliphatic rings. The fraction of sp³-hybridized carbons (Fsp3) is 0.240. The molecule has 0 aliphatic heterocycles. The van der Waals surface area contributed by atoms with Gasteiger partial charge < -0.3 is 21.1 Å². The first-order valence-corrected chi connectivity index (χ1v) is 11.1. The quantitative estimate of drug-likeness (QED) is 0.290. The Morgan fingerprint density at radius 2 is 1.36 bits per heavy atom. The third-order valence-electron chi connectivity index (χ3n) is 5.91. The van der Waals surface area contributed by atoms with Crippen molar-refractivity contribution in [3.05, 3.63) is 88.5 Å². The van der Waals surface area contributed by atoms with E-state index in [0.29, 0.717) is 18.6 Å². The third kappa shape index (κ3) is 6.38. The van der Waals surface area contributed by atoms with Gasteiger partial charge >= 0.3 is 24.6 Å². The molecule has 4 N–H and O–H groups in total. The molecule has 0 heterocycles. The van der Waals surface area contributed by atoms with Crippen LogP contribution in [0.1, 0.15) is 33.9 Å². The molecule has 0 bridgehead atoms. The van der Waals surface area contributed by atoms with Crippen molar-refractivity contribution < 1.29 is 49.0 Å². The van der Waals surface area contributed by atoms with Crippen LogP contribution >= 0.6 is 0 Å². The largest absolute Gasteiger partial charge is 0.486 e. The monoisotopic (exact) mass is 563 g/mol. The number of hydrogen-bond donors (Lipinski definition) is 3. The number of ether oxygens (including phenoxy) is 1. The first kappa shape index (κ1) is 28.1. The number of amides is 2. The Bertz CT molecular complexity index is 1350. The second-order valence-electron chi connectivity index (χ2n) is 8.67. The maximum atomic E-state index is 13.3. The predicted octanol–water partition coefficient (Wildman–Crippen LogP) is 7.39. The van der Waals surface area contributed by atoms with E-state index in [2.05, 4.69) is 0 Å². The number of urea groups is 1. The highest BCUT2D eigenvalue weighted by Gasteiger charge is 2.37. The minimum atomic E-state index is -5.17. The van der Waals surface area contributed by atoms with E-state index in [1.807, 2.05) is 5.32 Å². The maximum absolute atomic E-state index is 13.3. The SMILES string of the molecule is N[C@@H]1c2ccccc2C[C@H]1Oc1ccc(C(F)(F)F)cc1NC(=O)Nc1cc(C(F)(F)F)cc(C(F)(F)F)c1. The number of anilines is 2. The van der Waals surface area contributed by atoms with Gasteiger partial charge in [-0.15, -0.1) is 0 Å². The van der Waals surface area contributed by atoms with E-state index in [1.165, 1.54) is 0 Å². The molecular weight excluding hydrogens is 545 g/mol. The lowest BCUT2D eigenvalue weighted by molar-refractivity contribution is -0.143. The van der Waals surface area contributed by atoms with E-state index >= 15 is 0 Å². The summed E-state index contributed by atoms with van der Waals surface area (Å²) in [7, 11) is 0. The molecule has 2 amide bonds.